The number of fused-ring (bicyclic) bond motifs is 5. The summed E-state index contributed by atoms with van der Waals surface area (Å²) in [5, 5.41) is 1.26. The number of hydrogen-bond donors (Lipinski definition) is 1. The maximum atomic E-state index is 14.0. The van der Waals surface area contributed by atoms with Crippen LogP contribution in [0.25, 0.3) is 16.5 Å². The molecule has 0 saturated heterocycles. The Labute approximate surface area is 204 Å². The lowest BCUT2D eigenvalue weighted by molar-refractivity contribution is 0.566. The van der Waals surface area contributed by atoms with E-state index in [1.54, 1.807) is 12.1 Å². The summed E-state index contributed by atoms with van der Waals surface area (Å²) in [6.45, 7) is 0. The summed E-state index contributed by atoms with van der Waals surface area (Å²) in [6.07, 6.45) is 4.69. The van der Waals surface area contributed by atoms with Crippen LogP contribution in [0.15, 0.2) is 127 Å². The fourth-order valence-electron chi connectivity index (χ4n) is 6.26. The fraction of sp³-hybridized carbons (Fsp3) is 0.0909. The van der Waals surface area contributed by atoms with Gasteiger partial charge in [-0.25, -0.2) is 4.39 Å². The molecule has 0 radical (unpaired) electrons. The van der Waals surface area contributed by atoms with E-state index in [4.69, 9.17) is 0 Å². The number of H-pyrrole nitrogens is 1. The lowest BCUT2D eigenvalue weighted by atomic mass is 9.77. The van der Waals surface area contributed by atoms with Crippen molar-refractivity contribution in [3.63, 3.8) is 0 Å². The minimum atomic E-state index is -0.197. The highest BCUT2D eigenvalue weighted by molar-refractivity contribution is 5.90. The predicted molar refractivity (Wildman–Crippen MR) is 141 cm³/mol. The van der Waals surface area contributed by atoms with Crippen molar-refractivity contribution < 1.29 is 4.39 Å². The average molecular weight is 454 g/mol. The summed E-state index contributed by atoms with van der Waals surface area (Å²) in [5.74, 6) is 0.433. The first-order valence-corrected chi connectivity index (χ1v) is 12.2. The molecule has 5 aromatic rings. The minimum absolute atomic E-state index is 0.138. The van der Waals surface area contributed by atoms with Crippen LogP contribution in [0.3, 0.4) is 0 Å². The van der Waals surface area contributed by atoms with Crippen molar-refractivity contribution >= 4 is 16.5 Å². The van der Waals surface area contributed by atoms with E-state index in [9.17, 15) is 4.39 Å². The Morgan fingerprint density at radius 2 is 1.31 bits per heavy atom. The number of allylic oxidation sites excluding steroid dienone is 3. The zero-order chi connectivity index (χ0) is 23.4. The van der Waals surface area contributed by atoms with Gasteiger partial charge in [0.2, 0.25) is 0 Å². The first kappa shape index (κ1) is 20.2. The molecule has 7 rings (SSSR count). The summed E-state index contributed by atoms with van der Waals surface area (Å²) in [7, 11) is 0. The lowest BCUT2D eigenvalue weighted by Crippen LogP contribution is -2.14. The maximum absolute atomic E-state index is 14.0. The Morgan fingerprint density at radius 1 is 0.686 bits per heavy atom. The van der Waals surface area contributed by atoms with E-state index < -0.39 is 0 Å². The van der Waals surface area contributed by atoms with Gasteiger partial charge in [0.05, 0.1) is 0 Å². The number of para-hydroxylation sites is 1. The molecule has 0 bridgehead atoms. The highest BCUT2D eigenvalue weighted by Crippen LogP contribution is 2.59. The molecule has 1 aromatic heterocycles. The zero-order valence-electron chi connectivity index (χ0n) is 19.2. The molecule has 0 amide bonds. The van der Waals surface area contributed by atoms with E-state index in [0.29, 0.717) is 0 Å². The van der Waals surface area contributed by atoms with E-state index in [1.165, 1.54) is 44.4 Å². The van der Waals surface area contributed by atoms with Crippen molar-refractivity contribution in [2.24, 2.45) is 5.92 Å². The Kier molecular flexibility index (Phi) is 4.60. The highest BCUT2D eigenvalue weighted by Gasteiger charge is 2.47. The molecule has 0 saturated carbocycles. The van der Waals surface area contributed by atoms with Crippen LogP contribution < -0.4 is 0 Å². The minimum Gasteiger partial charge on any atom is -0.358 e. The second-order valence-corrected chi connectivity index (χ2v) is 9.50. The monoisotopic (exact) mass is 453 g/mol. The molecule has 2 aliphatic rings. The molecule has 1 nitrogen and oxygen atoms in total. The lowest BCUT2D eigenvalue weighted by Gasteiger charge is -2.26. The molecule has 3 atom stereocenters. The van der Waals surface area contributed by atoms with E-state index in [-0.39, 0.29) is 23.6 Å². The molecule has 168 valence electrons. The predicted octanol–water partition coefficient (Wildman–Crippen LogP) is 8.22. The van der Waals surface area contributed by atoms with Crippen molar-refractivity contribution in [2.45, 2.75) is 11.8 Å². The molecule has 1 heterocycles. The second-order valence-electron chi connectivity index (χ2n) is 9.50. The first-order valence-electron chi connectivity index (χ1n) is 12.2. The van der Waals surface area contributed by atoms with E-state index >= 15 is 0 Å². The van der Waals surface area contributed by atoms with Gasteiger partial charge in [0.1, 0.15) is 5.82 Å². The van der Waals surface area contributed by atoms with Crippen molar-refractivity contribution in [1.82, 2.24) is 4.98 Å². The van der Waals surface area contributed by atoms with Crippen LogP contribution in [-0.2, 0) is 0 Å². The molecule has 2 heteroatoms. The SMILES string of the molecule is Fc1ccc(C2c3c([nH]c4ccccc34)C3C=CC(=C(c4ccccc4)c4ccccc4)C32)cc1. The third-order valence-electron chi connectivity index (χ3n) is 7.65. The average Bonchev–Trinajstić information content (AvgIpc) is 3.57. The van der Waals surface area contributed by atoms with Gasteiger partial charge in [-0.1, -0.05) is 103 Å². The summed E-state index contributed by atoms with van der Waals surface area (Å²) in [6, 6.07) is 37.1. The van der Waals surface area contributed by atoms with Crippen LogP contribution in [0.5, 0.6) is 0 Å². The zero-order valence-corrected chi connectivity index (χ0v) is 19.2. The number of aromatic nitrogens is 1. The molecular formula is C33H24FN. The second kappa shape index (κ2) is 7.95. The van der Waals surface area contributed by atoms with Crippen LogP contribution >= 0.6 is 0 Å². The number of nitrogens with one attached hydrogen (secondary N) is 1. The van der Waals surface area contributed by atoms with Gasteiger partial charge in [0.15, 0.2) is 0 Å². The number of aromatic amines is 1. The topological polar surface area (TPSA) is 15.8 Å². The van der Waals surface area contributed by atoms with Crippen molar-refractivity contribution in [1.29, 1.82) is 0 Å². The number of rotatable bonds is 3. The highest BCUT2D eigenvalue weighted by atomic mass is 19.1. The Morgan fingerprint density at radius 3 is 2.00 bits per heavy atom. The van der Waals surface area contributed by atoms with E-state index in [2.05, 4.69) is 102 Å². The van der Waals surface area contributed by atoms with E-state index in [1.807, 2.05) is 12.1 Å². The molecule has 2 aliphatic carbocycles. The van der Waals surface area contributed by atoms with Gasteiger partial charge in [-0.15, -0.1) is 0 Å². The summed E-state index contributed by atoms with van der Waals surface area (Å²) < 4.78 is 14.0. The van der Waals surface area contributed by atoms with Crippen LogP contribution in [-0.4, -0.2) is 4.98 Å². The molecular weight excluding hydrogens is 429 g/mol. The van der Waals surface area contributed by atoms with Gasteiger partial charge in [-0.2, -0.15) is 0 Å². The van der Waals surface area contributed by atoms with Crippen molar-refractivity contribution in [3.8, 4) is 0 Å². The molecule has 4 aromatic carbocycles. The third kappa shape index (κ3) is 3.14. The van der Waals surface area contributed by atoms with Crippen LogP contribution in [0.2, 0.25) is 0 Å². The largest absolute Gasteiger partial charge is 0.358 e. The summed E-state index contributed by atoms with van der Waals surface area (Å²) in [4.78, 5) is 3.75. The maximum Gasteiger partial charge on any atom is 0.123 e. The third-order valence-corrected chi connectivity index (χ3v) is 7.65. The smallest absolute Gasteiger partial charge is 0.123 e. The first-order chi connectivity index (χ1) is 17.3. The molecule has 3 unspecified atom stereocenters. The van der Waals surface area contributed by atoms with Gasteiger partial charge in [0.25, 0.3) is 0 Å². The van der Waals surface area contributed by atoms with Gasteiger partial charge in [-0.05, 0) is 51.6 Å². The van der Waals surface area contributed by atoms with Gasteiger partial charge in [-0.3, -0.25) is 0 Å². The van der Waals surface area contributed by atoms with Crippen LogP contribution in [0.1, 0.15) is 39.8 Å². The number of halogens is 1. The van der Waals surface area contributed by atoms with Gasteiger partial charge < -0.3 is 4.98 Å². The molecule has 35 heavy (non-hydrogen) atoms. The molecule has 0 aliphatic heterocycles. The number of hydrogen-bond acceptors (Lipinski definition) is 0. The summed E-state index contributed by atoms with van der Waals surface area (Å²) in [5.41, 5.74) is 10.0. The molecule has 1 N–H and O–H groups in total. The Bertz CT molecular complexity index is 1550. The fourth-order valence-corrected chi connectivity index (χ4v) is 6.26. The van der Waals surface area contributed by atoms with Crippen LogP contribution in [0, 0.1) is 11.7 Å². The summed E-state index contributed by atoms with van der Waals surface area (Å²) >= 11 is 0. The van der Waals surface area contributed by atoms with E-state index in [0.717, 1.165) is 5.56 Å². The number of benzene rings is 4. The van der Waals surface area contributed by atoms with Gasteiger partial charge in [0, 0.05) is 34.4 Å². The van der Waals surface area contributed by atoms with Gasteiger partial charge >= 0.3 is 0 Å². The standard InChI is InChI=1S/C33H24FN/c34-24-17-15-23(16-18-24)30-31-26(29(21-9-3-1-4-10-21)22-11-5-2-6-12-22)19-20-27(31)33-32(30)25-13-7-8-14-28(25)35-33/h1-20,27,30-31,35H. The quantitative estimate of drug-likeness (QED) is 0.283. The Hall–Kier alpha value is -4.17. The normalized spacial score (nSPS) is 20.3. The molecule has 0 spiro atoms. The van der Waals surface area contributed by atoms with Crippen molar-refractivity contribution in [2.75, 3.05) is 0 Å². The van der Waals surface area contributed by atoms with Crippen LogP contribution in [0.4, 0.5) is 4.39 Å². The molecule has 0 fully saturated rings. The Balaban J connectivity index is 1.51. The van der Waals surface area contributed by atoms with Crippen molar-refractivity contribution in [3.05, 3.63) is 161 Å².